The molecule has 4 nitrogen and oxygen atoms in total. The molecule has 0 bridgehead atoms. The van der Waals surface area contributed by atoms with E-state index < -0.39 is 0 Å². The van der Waals surface area contributed by atoms with Gasteiger partial charge in [-0.05, 0) is 75.4 Å². The van der Waals surface area contributed by atoms with Crippen LogP contribution in [0.25, 0.3) is 0 Å². The molecule has 0 saturated heterocycles. The van der Waals surface area contributed by atoms with E-state index >= 15 is 0 Å². The number of aryl methyl sites for hydroxylation is 1. The van der Waals surface area contributed by atoms with Crippen molar-refractivity contribution in [3.63, 3.8) is 0 Å². The zero-order valence-electron chi connectivity index (χ0n) is 17.7. The Balaban J connectivity index is 1.70. The number of rotatable bonds is 6. The van der Waals surface area contributed by atoms with Crippen LogP contribution in [0.1, 0.15) is 53.1 Å². The highest BCUT2D eigenvalue weighted by atomic mass is 79.9. The first-order chi connectivity index (χ1) is 15.0. The van der Waals surface area contributed by atoms with E-state index in [1.165, 1.54) is 4.88 Å². The van der Waals surface area contributed by atoms with Crippen molar-refractivity contribution in [3.05, 3.63) is 74.6 Å². The fourth-order valence-electron chi connectivity index (χ4n) is 3.70. The average Bonchev–Trinajstić information content (AvgIpc) is 3.13. The van der Waals surface area contributed by atoms with Crippen molar-refractivity contribution < 1.29 is 9.53 Å². The van der Waals surface area contributed by atoms with Crippen molar-refractivity contribution in [2.45, 2.75) is 45.6 Å². The molecule has 2 aromatic carbocycles. The number of carbonyl (C=O) groups excluding carboxylic acids is 1. The largest absolute Gasteiger partial charge is 0.490 e. The second-order valence-corrected chi connectivity index (χ2v) is 9.82. The van der Waals surface area contributed by atoms with Gasteiger partial charge in [0, 0.05) is 26.8 Å². The van der Waals surface area contributed by atoms with Crippen molar-refractivity contribution in [1.82, 2.24) is 0 Å². The van der Waals surface area contributed by atoms with Crippen LogP contribution in [-0.2, 0) is 12.8 Å². The third-order valence-electron chi connectivity index (χ3n) is 5.07. The van der Waals surface area contributed by atoms with E-state index in [0.717, 1.165) is 57.7 Å². The predicted molar refractivity (Wildman–Crippen MR) is 133 cm³/mol. The van der Waals surface area contributed by atoms with Crippen LogP contribution in [0.5, 0.6) is 5.75 Å². The first kappa shape index (κ1) is 21.8. The summed E-state index contributed by atoms with van der Waals surface area (Å²) >= 11 is 5.16. The molecule has 6 heteroatoms. The van der Waals surface area contributed by atoms with Crippen molar-refractivity contribution in [3.8, 4) is 5.75 Å². The molecule has 3 aromatic rings. The van der Waals surface area contributed by atoms with Crippen LogP contribution in [0, 0.1) is 0 Å². The maximum Gasteiger partial charge on any atom is 0.259 e. The summed E-state index contributed by atoms with van der Waals surface area (Å²) < 4.78 is 6.89. The van der Waals surface area contributed by atoms with E-state index in [-0.39, 0.29) is 12.0 Å². The SMILES string of the molecule is CC(C)Oc1ccc(Br)cc1C=Nc1sc2c(c1C(=O)Nc1ccccc1)CCCC2. The molecule has 1 heterocycles. The Labute approximate surface area is 195 Å². The van der Waals surface area contributed by atoms with E-state index in [0.29, 0.717) is 5.56 Å². The summed E-state index contributed by atoms with van der Waals surface area (Å²) in [6, 6.07) is 15.5. The molecule has 0 unspecified atom stereocenters. The van der Waals surface area contributed by atoms with Gasteiger partial charge in [-0.15, -0.1) is 11.3 Å². The van der Waals surface area contributed by atoms with Gasteiger partial charge in [0.1, 0.15) is 10.8 Å². The Hall–Kier alpha value is -2.44. The van der Waals surface area contributed by atoms with Crippen LogP contribution in [0.2, 0.25) is 0 Å². The Kier molecular flexibility index (Phi) is 6.88. The Morgan fingerprint density at radius 2 is 1.94 bits per heavy atom. The highest BCUT2D eigenvalue weighted by Crippen LogP contribution is 2.40. The summed E-state index contributed by atoms with van der Waals surface area (Å²) in [5.74, 6) is 0.684. The number of nitrogens with one attached hydrogen (secondary N) is 1. The maximum absolute atomic E-state index is 13.2. The lowest BCUT2D eigenvalue weighted by molar-refractivity contribution is 0.102. The van der Waals surface area contributed by atoms with Crippen LogP contribution >= 0.6 is 27.3 Å². The number of nitrogens with zero attached hydrogens (tertiary/aromatic N) is 1. The summed E-state index contributed by atoms with van der Waals surface area (Å²) in [5.41, 5.74) is 3.53. The predicted octanol–water partition coefficient (Wildman–Crippen LogP) is 7.18. The van der Waals surface area contributed by atoms with E-state index in [1.807, 2.05) is 62.4 Å². The number of thiophene rings is 1. The molecule has 0 atom stereocenters. The summed E-state index contributed by atoms with van der Waals surface area (Å²) in [6.07, 6.45) is 6.08. The Bertz CT molecular complexity index is 1110. The lowest BCUT2D eigenvalue weighted by Crippen LogP contribution is -2.14. The standard InChI is InChI=1S/C25H25BrN2O2S/c1-16(2)30-21-13-12-18(26)14-17(21)15-27-25-23(20-10-6-7-11-22(20)31-25)24(29)28-19-8-4-3-5-9-19/h3-5,8-9,12-16H,6-7,10-11H2,1-2H3,(H,28,29). The number of hydrogen-bond acceptors (Lipinski definition) is 4. The number of ether oxygens (including phenoxy) is 1. The topological polar surface area (TPSA) is 50.7 Å². The number of amides is 1. The smallest absolute Gasteiger partial charge is 0.259 e. The van der Waals surface area contributed by atoms with Crippen molar-refractivity contribution in [1.29, 1.82) is 0 Å². The van der Waals surface area contributed by atoms with Crippen LogP contribution in [0.15, 0.2) is 58.0 Å². The van der Waals surface area contributed by atoms with Gasteiger partial charge in [0.25, 0.3) is 5.91 Å². The number of halogens is 1. The van der Waals surface area contributed by atoms with Gasteiger partial charge in [-0.2, -0.15) is 0 Å². The van der Waals surface area contributed by atoms with Crippen LogP contribution in [0.3, 0.4) is 0 Å². The Morgan fingerprint density at radius 3 is 2.71 bits per heavy atom. The first-order valence-corrected chi connectivity index (χ1v) is 12.1. The summed E-state index contributed by atoms with van der Waals surface area (Å²) in [4.78, 5) is 19.3. The normalized spacial score (nSPS) is 13.4. The summed E-state index contributed by atoms with van der Waals surface area (Å²) in [5, 5.41) is 3.80. The number of para-hydroxylation sites is 1. The molecule has 0 aliphatic heterocycles. The third-order valence-corrected chi connectivity index (χ3v) is 6.76. The van der Waals surface area contributed by atoms with Gasteiger partial charge in [-0.25, -0.2) is 4.99 Å². The fourth-order valence-corrected chi connectivity index (χ4v) is 5.31. The molecule has 4 rings (SSSR count). The second-order valence-electron chi connectivity index (χ2n) is 7.82. The molecular weight excluding hydrogens is 472 g/mol. The monoisotopic (exact) mass is 496 g/mol. The molecule has 1 aliphatic rings. The van der Waals surface area contributed by atoms with Crippen molar-refractivity contribution in [2.75, 3.05) is 5.32 Å². The lowest BCUT2D eigenvalue weighted by Gasteiger charge is -2.13. The highest BCUT2D eigenvalue weighted by Gasteiger charge is 2.25. The quantitative estimate of drug-likeness (QED) is 0.367. The average molecular weight is 497 g/mol. The number of anilines is 1. The number of carbonyl (C=O) groups is 1. The third kappa shape index (κ3) is 5.25. The van der Waals surface area contributed by atoms with E-state index in [2.05, 4.69) is 21.2 Å². The van der Waals surface area contributed by atoms with Gasteiger partial charge in [0.15, 0.2) is 0 Å². The molecule has 0 saturated carbocycles. The molecule has 1 aromatic heterocycles. The van der Waals surface area contributed by atoms with E-state index in [4.69, 9.17) is 9.73 Å². The molecule has 1 N–H and O–H groups in total. The number of fused-ring (bicyclic) bond motifs is 1. The molecule has 1 amide bonds. The summed E-state index contributed by atoms with van der Waals surface area (Å²) in [6.45, 7) is 4.00. The Morgan fingerprint density at radius 1 is 1.16 bits per heavy atom. The number of aliphatic imine (C=N–C) groups is 1. The van der Waals surface area contributed by atoms with Crippen molar-refractivity contribution >= 4 is 50.1 Å². The van der Waals surface area contributed by atoms with Gasteiger partial charge in [-0.3, -0.25) is 4.79 Å². The van der Waals surface area contributed by atoms with E-state index in [1.54, 1.807) is 17.6 Å². The first-order valence-electron chi connectivity index (χ1n) is 10.5. The molecule has 0 radical (unpaired) electrons. The molecule has 1 aliphatic carbocycles. The minimum atomic E-state index is -0.0920. The van der Waals surface area contributed by atoms with Gasteiger partial charge in [0.2, 0.25) is 0 Å². The van der Waals surface area contributed by atoms with Crippen LogP contribution in [0.4, 0.5) is 10.7 Å². The fraction of sp³-hybridized carbons (Fsp3) is 0.280. The van der Waals surface area contributed by atoms with Crippen LogP contribution in [-0.4, -0.2) is 18.2 Å². The van der Waals surface area contributed by atoms with Crippen LogP contribution < -0.4 is 10.1 Å². The molecule has 160 valence electrons. The minimum Gasteiger partial charge on any atom is -0.490 e. The molecule has 0 fully saturated rings. The molecular formula is C25H25BrN2O2S. The number of hydrogen-bond donors (Lipinski definition) is 1. The second kappa shape index (κ2) is 9.79. The molecule has 0 spiro atoms. The molecule has 31 heavy (non-hydrogen) atoms. The number of benzene rings is 2. The van der Waals surface area contributed by atoms with Gasteiger partial charge in [0.05, 0.1) is 11.7 Å². The van der Waals surface area contributed by atoms with Crippen molar-refractivity contribution in [2.24, 2.45) is 4.99 Å². The summed E-state index contributed by atoms with van der Waals surface area (Å²) in [7, 11) is 0. The zero-order chi connectivity index (χ0) is 21.8. The van der Waals surface area contributed by atoms with Gasteiger partial charge < -0.3 is 10.1 Å². The van der Waals surface area contributed by atoms with Gasteiger partial charge in [-0.1, -0.05) is 34.1 Å². The van der Waals surface area contributed by atoms with Gasteiger partial charge >= 0.3 is 0 Å². The highest BCUT2D eigenvalue weighted by molar-refractivity contribution is 9.10. The lowest BCUT2D eigenvalue weighted by atomic mass is 9.95. The zero-order valence-corrected chi connectivity index (χ0v) is 20.1. The van der Waals surface area contributed by atoms with E-state index in [9.17, 15) is 4.79 Å². The maximum atomic E-state index is 13.2. The minimum absolute atomic E-state index is 0.0644.